The van der Waals surface area contributed by atoms with Gasteiger partial charge in [-0.15, -0.1) is 0 Å². The molecule has 1 saturated heterocycles. The van der Waals surface area contributed by atoms with Crippen molar-refractivity contribution in [1.29, 1.82) is 0 Å². The quantitative estimate of drug-likeness (QED) is 0.464. The van der Waals surface area contributed by atoms with Gasteiger partial charge in [-0.3, -0.25) is 0 Å². The van der Waals surface area contributed by atoms with Crippen molar-refractivity contribution < 1.29 is 17.1 Å². The molecule has 1 heterocycles. The molecule has 0 aliphatic carbocycles. The summed E-state index contributed by atoms with van der Waals surface area (Å²) in [6, 6.07) is 10.8. The summed E-state index contributed by atoms with van der Waals surface area (Å²) >= 11 is 0. The maximum atomic E-state index is 3.32. The van der Waals surface area contributed by atoms with Crippen LogP contribution in [0.3, 0.4) is 0 Å². The van der Waals surface area contributed by atoms with Gasteiger partial charge in [0.25, 0.3) is 0 Å². The molecule has 1 aromatic carbocycles. The Bertz CT molecular complexity index is 205. The topological polar surface area (TPSA) is 12.0 Å². The van der Waals surface area contributed by atoms with Gasteiger partial charge in [0.15, 0.2) is 0 Å². The van der Waals surface area contributed by atoms with E-state index in [0.717, 1.165) is 0 Å². The fraction of sp³-hybridized carbons (Fsp3) is 0.632. The predicted octanol–water partition coefficient (Wildman–Crippen LogP) is 5.84. The first kappa shape index (κ1) is 28.8. The van der Waals surface area contributed by atoms with Crippen molar-refractivity contribution in [1.82, 2.24) is 5.32 Å². The van der Waals surface area contributed by atoms with E-state index in [1.807, 2.05) is 65.8 Å². The molecular weight excluding hydrogens is 297 g/mol. The Kier molecular flexibility index (Phi) is 43.7. The van der Waals surface area contributed by atoms with Crippen molar-refractivity contribution >= 4 is 0 Å². The van der Waals surface area contributed by atoms with E-state index in [-0.39, 0.29) is 17.1 Å². The summed E-state index contributed by atoms with van der Waals surface area (Å²) in [4.78, 5) is 0. The minimum atomic E-state index is 0. The number of hydrogen-bond donors (Lipinski definition) is 1. The first-order chi connectivity index (χ1) is 9.89. The molecule has 0 spiro atoms. The standard InChI is InChI=1S/C7H7.C6H12N.3C2H6.Mn/c1-7-5-3-2-4-6-7;1-2-4-6-7-5-3-1;3*1-2;/h3-6H,1H3;1,7H,2-6H2;3*1-2H3;/q2*-1;;;;+2. The van der Waals surface area contributed by atoms with Crippen molar-refractivity contribution in [2.24, 2.45) is 0 Å². The van der Waals surface area contributed by atoms with E-state index < -0.39 is 0 Å². The Balaban J connectivity index is -0.0000000984. The van der Waals surface area contributed by atoms with E-state index in [9.17, 15) is 0 Å². The zero-order valence-electron chi connectivity index (χ0n) is 15.3. The van der Waals surface area contributed by atoms with Crippen LogP contribution in [0.2, 0.25) is 0 Å². The molecule has 1 radical (unpaired) electrons. The normalized spacial score (nSPS) is 11.8. The van der Waals surface area contributed by atoms with Gasteiger partial charge in [-0.1, -0.05) is 54.9 Å². The van der Waals surface area contributed by atoms with Crippen LogP contribution < -0.4 is 5.32 Å². The zero-order chi connectivity index (χ0) is 16.1. The molecule has 21 heavy (non-hydrogen) atoms. The molecule has 2 rings (SSSR count). The summed E-state index contributed by atoms with van der Waals surface area (Å²) in [5, 5.41) is 3.32. The Morgan fingerprint density at radius 2 is 1.43 bits per heavy atom. The number of rotatable bonds is 0. The zero-order valence-corrected chi connectivity index (χ0v) is 16.5. The Morgan fingerprint density at radius 3 is 1.86 bits per heavy atom. The molecule has 2 heteroatoms. The third-order valence-electron chi connectivity index (χ3n) is 2.17. The molecule has 0 amide bonds. The third kappa shape index (κ3) is 28.6. The molecule has 1 aliphatic heterocycles. The maximum absolute atomic E-state index is 3.32. The molecule has 1 nitrogen and oxygen atoms in total. The second-order valence-electron chi connectivity index (χ2n) is 3.55. The summed E-state index contributed by atoms with van der Waals surface area (Å²) in [6.45, 7) is 16.5. The average molecular weight is 334 g/mol. The second kappa shape index (κ2) is 31.9. The van der Waals surface area contributed by atoms with Crippen molar-refractivity contribution in [2.75, 3.05) is 13.1 Å². The fourth-order valence-corrected chi connectivity index (χ4v) is 1.32. The number of nitrogens with one attached hydrogen (secondary N) is 1. The van der Waals surface area contributed by atoms with Gasteiger partial charge in [0.1, 0.15) is 0 Å². The molecular formula is C19H37MnN. The van der Waals surface area contributed by atoms with Crippen molar-refractivity contribution in [3.05, 3.63) is 42.3 Å². The second-order valence-corrected chi connectivity index (χ2v) is 3.55. The molecule has 125 valence electrons. The van der Waals surface area contributed by atoms with Crippen LogP contribution in [0, 0.1) is 19.4 Å². The van der Waals surface area contributed by atoms with E-state index in [1.54, 1.807) is 0 Å². The van der Waals surface area contributed by atoms with Crippen molar-refractivity contribution in [3.63, 3.8) is 0 Å². The number of hydrogen-bond acceptors (Lipinski definition) is 1. The van der Waals surface area contributed by atoms with Gasteiger partial charge < -0.3 is 11.7 Å². The van der Waals surface area contributed by atoms with E-state index in [4.69, 9.17) is 0 Å². The molecule has 1 aromatic rings. The van der Waals surface area contributed by atoms with Crippen LogP contribution in [0.4, 0.5) is 0 Å². The largest absolute Gasteiger partial charge is 2.00 e. The predicted molar refractivity (Wildman–Crippen MR) is 95.1 cm³/mol. The number of benzene rings is 1. The van der Waals surface area contributed by atoms with Gasteiger partial charge in [-0.2, -0.15) is 48.7 Å². The van der Waals surface area contributed by atoms with Gasteiger partial charge in [0, 0.05) is 0 Å². The van der Waals surface area contributed by atoms with E-state index in [0.29, 0.717) is 0 Å². The SMILES string of the molecule is CC.CC.CC.Cc1cc[c-]cc1.[CH-]1CCCNCC1.[Mn+2]. The van der Waals surface area contributed by atoms with Crippen molar-refractivity contribution in [2.45, 2.75) is 67.7 Å². The Labute approximate surface area is 145 Å². The van der Waals surface area contributed by atoms with Gasteiger partial charge in [0.2, 0.25) is 0 Å². The van der Waals surface area contributed by atoms with Crippen LogP contribution in [0.15, 0.2) is 24.3 Å². The van der Waals surface area contributed by atoms with Gasteiger partial charge >= 0.3 is 17.1 Å². The molecule has 0 unspecified atom stereocenters. The number of aryl methyl sites for hydroxylation is 1. The van der Waals surface area contributed by atoms with Crippen LogP contribution in [0.25, 0.3) is 0 Å². The van der Waals surface area contributed by atoms with Crippen LogP contribution in [-0.2, 0) is 17.1 Å². The van der Waals surface area contributed by atoms with E-state index >= 15 is 0 Å². The summed E-state index contributed by atoms with van der Waals surface area (Å²) in [5.74, 6) is 0. The van der Waals surface area contributed by atoms with Crippen molar-refractivity contribution in [3.8, 4) is 0 Å². The van der Waals surface area contributed by atoms with Crippen LogP contribution in [0.5, 0.6) is 0 Å². The molecule has 0 saturated carbocycles. The van der Waals surface area contributed by atoms with E-state index in [2.05, 4.69) is 24.7 Å². The maximum Gasteiger partial charge on any atom is 2.00 e. The first-order valence-corrected chi connectivity index (χ1v) is 8.34. The molecule has 1 aliphatic rings. The summed E-state index contributed by atoms with van der Waals surface area (Å²) in [7, 11) is 0. The van der Waals surface area contributed by atoms with Gasteiger partial charge in [-0.25, -0.2) is 0 Å². The molecule has 0 bridgehead atoms. The van der Waals surface area contributed by atoms with Crippen LogP contribution in [-0.4, -0.2) is 13.1 Å². The van der Waals surface area contributed by atoms with Crippen LogP contribution in [0.1, 0.15) is 66.4 Å². The summed E-state index contributed by atoms with van der Waals surface area (Å²) in [5.41, 5.74) is 1.29. The molecule has 0 aromatic heterocycles. The third-order valence-corrected chi connectivity index (χ3v) is 2.17. The van der Waals surface area contributed by atoms with Gasteiger partial charge in [0.05, 0.1) is 0 Å². The van der Waals surface area contributed by atoms with Gasteiger partial charge in [-0.05, 0) is 13.1 Å². The molecule has 0 atom stereocenters. The summed E-state index contributed by atoms with van der Waals surface area (Å²) in [6.07, 6.45) is 6.27. The first-order valence-electron chi connectivity index (χ1n) is 8.34. The molecule has 1 fully saturated rings. The average Bonchev–Trinajstić information content (AvgIpc) is 2.87. The Morgan fingerprint density at radius 1 is 0.905 bits per heavy atom. The fourth-order valence-electron chi connectivity index (χ4n) is 1.32. The Hall–Kier alpha value is -0.301. The van der Waals surface area contributed by atoms with E-state index in [1.165, 1.54) is 37.9 Å². The smallest absolute Gasteiger partial charge is 0.327 e. The summed E-state index contributed by atoms with van der Waals surface area (Å²) < 4.78 is 0. The van der Waals surface area contributed by atoms with Crippen LogP contribution >= 0.6 is 0 Å². The minimum absolute atomic E-state index is 0. The monoisotopic (exact) mass is 334 g/mol. The molecule has 1 N–H and O–H groups in total. The minimum Gasteiger partial charge on any atom is -0.327 e.